The molecular weight excluding hydrogens is 775 g/mol. The number of anilines is 1. The second kappa shape index (κ2) is 21.2. The number of nitrogens with zero attached hydrogens (tertiary/aromatic N) is 1. The molecule has 3 saturated carbocycles. The molecule has 1 heterocycles. The van der Waals surface area contributed by atoms with Crippen LogP contribution < -0.4 is 30.7 Å². The second-order valence-corrected chi connectivity index (χ2v) is 17.9. The van der Waals surface area contributed by atoms with Crippen LogP contribution in [-0.4, -0.2) is 97.6 Å². The van der Waals surface area contributed by atoms with E-state index in [-0.39, 0.29) is 41.4 Å². The van der Waals surface area contributed by atoms with Crippen molar-refractivity contribution >= 4 is 17.4 Å². The number of phenols is 2. The van der Waals surface area contributed by atoms with Crippen molar-refractivity contribution < 1.29 is 39.4 Å². The van der Waals surface area contributed by atoms with E-state index in [1.165, 1.54) is 7.11 Å². The van der Waals surface area contributed by atoms with Crippen molar-refractivity contribution in [2.45, 2.75) is 127 Å². The lowest BCUT2D eigenvalue weighted by molar-refractivity contribution is -0.125. The molecule has 1 spiro atoms. The molecule has 2 aromatic carbocycles. The number of carbonyl (C=O) groups excluding carboxylic acids is 1. The van der Waals surface area contributed by atoms with E-state index in [2.05, 4.69) is 44.3 Å². The standard InChI is InChI=1S/C48H69N5O8/c1-33(55)31-52-43(16-24-54)60-25-17-34-15-22-47(29-34,32-49-2)61-41-28-37-27-38(44(41)58)53-45(50-3)51-23-9-11-36-10-7-21-48(36,30-35-13-14-39(56)40(26-35)59-4)42(57)12-8-20-46(37)18-5-6-19-46/h8,12-14,26-28,33-34,36,43,49,52,54-56,58H,5-7,10-11,15-22,24-25,29-32H2,1-4H3,(H2,50,51,53)/b12-8+/t33-,34-,36-,43+,47-,48-/m0/s1. The van der Waals surface area contributed by atoms with E-state index in [1.807, 2.05) is 37.4 Å². The molecule has 8 N–H and O–H groups in total. The van der Waals surface area contributed by atoms with Gasteiger partial charge in [0.15, 0.2) is 28.8 Å². The largest absolute Gasteiger partial charge is 0.504 e. The molecule has 0 amide bonds. The van der Waals surface area contributed by atoms with E-state index in [9.17, 15) is 25.2 Å². The predicted molar refractivity (Wildman–Crippen MR) is 238 cm³/mol. The van der Waals surface area contributed by atoms with Gasteiger partial charge in [0, 0.05) is 57.7 Å². The molecule has 61 heavy (non-hydrogen) atoms. The average Bonchev–Trinajstić information content (AvgIpc) is 4.00. The quantitative estimate of drug-likeness (QED) is 0.0558. The Labute approximate surface area is 362 Å². The number of aliphatic hydroxyl groups is 2. The summed E-state index contributed by atoms with van der Waals surface area (Å²) in [5.74, 6) is 5.02. The number of ether oxygens (including phenoxy) is 3. The Hall–Kier alpha value is -4.32. The van der Waals surface area contributed by atoms with Crippen molar-refractivity contribution in [1.29, 1.82) is 0 Å². The molecule has 13 heteroatoms. The van der Waals surface area contributed by atoms with Gasteiger partial charge in [-0.05, 0) is 137 Å². The Morgan fingerprint density at radius 1 is 1.07 bits per heavy atom. The van der Waals surface area contributed by atoms with Gasteiger partial charge in [0.25, 0.3) is 0 Å². The first kappa shape index (κ1) is 46.2. The van der Waals surface area contributed by atoms with Gasteiger partial charge in [0.05, 0.1) is 18.9 Å². The van der Waals surface area contributed by atoms with Crippen LogP contribution >= 0.6 is 0 Å². The van der Waals surface area contributed by atoms with E-state index in [1.54, 1.807) is 20.0 Å². The molecule has 0 radical (unpaired) electrons. The predicted octanol–water partition coefficient (Wildman–Crippen LogP) is 6.04. The first-order chi connectivity index (χ1) is 29.5. The van der Waals surface area contributed by atoms with E-state index in [4.69, 9.17) is 14.2 Å². The summed E-state index contributed by atoms with van der Waals surface area (Å²) >= 11 is 0. The van der Waals surface area contributed by atoms with Crippen molar-refractivity contribution in [1.82, 2.24) is 16.0 Å². The number of phenolic OH excluding ortho intramolecular Hbond substituents is 2. The molecule has 0 aromatic heterocycles. The Kier molecular flexibility index (Phi) is 16.0. The molecule has 2 aromatic rings. The molecule has 0 saturated heterocycles. The fourth-order valence-electron chi connectivity index (χ4n) is 10.5. The number of aliphatic imine (C=N–C) groups is 1. The monoisotopic (exact) mass is 844 g/mol. The van der Waals surface area contributed by atoms with Crippen LogP contribution in [0.3, 0.4) is 0 Å². The summed E-state index contributed by atoms with van der Waals surface area (Å²) in [4.78, 5) is 19.1. The van der Waals surface area contributed by atoms with Crippen molar-refractivity contribution in [3.05, 3.63) is 53.6 Å². The van der Waals surface area contributed by atoms with Crippen molar-refractivity contribution in [3.8, 4) is 35.0 Å². The number of benzene rings is 2. The van der Waals surface area contributed by atoms with Gasteiger partial charge in [-0.25, -0.2) is 0 Å². The van der Waals surface area contributed by atoms with Crippen molar-refractivity contribution in [2.24, 2.45) is 22.2 Å². The van der Waals surface area contributed by atoms with Crippen LogP contribution in [0.15, 0.2) is 47.5 Å². The van der Waals surface area contributed by atoms with Gasteiger partial charge in [0.1, 0.15) is 11.8 Å². The minimum Gasteiger partial charge on any atom is -0.504 e. The Morgan fingerprint density at radius 3 is 2.62 bits per heavy atom. The van der Waals surface area contributed by atoms with E-state index in [0.717, 1.165) is 81.8 Å². The van der Waals surface area contributed by atoms with Gasteiger partial charge in [0.2, 0.25) is 5.96 Å². The van der Waals surface area contributed by atoms with Crippen molar-refractivity contribution in [3.63, 3.8) is 0 Å². The number of aromatic hydroxyl groups is 2. The summed E-state index contributed by atoms with van der Waals surface area (Å²) in [7, 11) is 5.13. The average molecular weight is 844 g/mol. The zero-order valence-electron chi connectivity index (χ0n) is 36.7. The molecule has 2 bridgehead atoms. The number of fused-ring (bicyclic) bond motifs is 4. The van der Waals surface area contributed by atoms with E-state index in [0.29, 0.717) is 74.4 Å². The number of guanidine groups is 1. The summed E-state index contributed by atoms with van der Waals surface area (Å²) in [5, 5.41) is 54.6. The molecule has 3 fully saturated rings. The van der Waals surface area contributed by atoms with Gasteiger partial charge in [-0.2, -0.15) is 0 Å². The van der Waals surface area contributed by atoms with Crippen molar-refractivity contribution in [2.75, 3.05) is 52.8 Å². The summed E-state index contributed by atoms with van der Waals surface area (Å²) in [6.07, 6.45) is 15.0. The Balaban J connectivity index is 1.29. The highest BCUT2D eigenvalue weighted by atomic mass is 16.5. The lowest BCUT2D eigenvalue weighted by atomic mass is 9.68. The number of carbonyl (C=O) groups is 1. The van der Waals surface area contributed by atoms with Crippen LogP contribution in [-0.2, 0) is 21.4 Å². The van der Waals surface area contributed by atoms with Crippen LogP contribution in [0.4, 0.5) is 5.69 Å². The number of ketones is 1. The smallest absolute Gasteiger partial charge is 0.207 e. The number of rotatable bonds is 16. The molecule has 3 aliphatic carbocycles. The van der Waals surface area contributed by atoms with Gasteiger partial charge in [-0.15, -0.1) is 0 Å². The lowest BCUT2D eigenvalue weighted by Gasteiger charge is -2.34. The third-order valence-corrected chi connectivity index (χ3v) is 13.7. The zero-order valence-corrected chi connectivity index (χ0v) is 36.7. The number of aliphatic hydroxyl groups excluding tert-OH is 2. The maximum Gasteiger partial charge on any atom is 0.207 e. The first-order valence-electron chi connectivity index (χ1n) is 22.4. The van der Waals surface area contributed by atoms with Crippen LogP contribution in [0, 0.1) is 29.2 Å². The molecule has 1 aliphatic heterocycles. The highest BCUT2D eigenvalue weighted by molar-refractivity contribution is 5.97. The van der Waals surface area contributed by atoms with Gasteiger partial charge in [-0.3, -0.25) is 20.4 Å². The minimum atomic E-state index is -0.650. The fraction of sp³-hybridized carbons (Fsp3) is 0.625. The first-order valence-corrected chi connectivity index (χ1v) is 22.4. The third kappa shape index (κ3) is 11.2. The number of likely N-dealkylation sites (N-methyl/N-ethyl adjacent to an activating group) is 1. The topological polar surface area (TPSA) is 186 Å². The minimum absolute atomic E-state index is 0.000430. The molecule has 13 nitrogen and oxygen atoms in total. The Morgan fingerprint density at radius 2 is 1.89 bits per heavy atom. The van der Waals surface area contributed by atoms with Crippen LogP contribution in [0.25, 0.3) is 0 Å². The number of allylic oxidation sites excluding steroid dienone is 2. The maximum atomic E-state index is 14.7. The molecule has 6 rings (SSSR count). The summed E-state index contributed by atoms with van der Waals surface area (Å²) < 4.78 is 18.6. The van der Waals surface area contributed by atoms with Gasteiger partial charge in [-0.1, -0.05) is 37.3 Å². The molecular formula is C48H69N5O8. The van der Waals surface area contributed by atoms with E-state index < -0.39 is 17.1 Å². The highest BCUT2D eigenvalue weighted by Crippen LogP contribution is 2.52. The lowest BCUT2D eigenvalue weighted by Crippen LogP contribution is -2.43. The number of hydrogen-bond donors (Lipinski definition) is 8. The SMILES string of the molecule is CN=C1NC#CC[C@@H]2CCC[C@@]2(Cc2ccc(O)c(OC)c2)C(=O)/C=C/CC2(CCCC2)c2cc(c(O)c(O[C@@]3(CNC)CC[C@@H](CCO[C@H](CCO)NC[C@H](C)O)C3)c2)N1. The maximum absolute atomic E-state index is 14.7. The number of nitrogens with one attached hydrogen (secondary N) is 4. The number of methoxy groups -OCH3 is 1. The molecule has 334 valence electrons. The van der Waals surface area contributed by atoms with Crippen LogP contribution in [0.5, 0.6) is 23.0 Å². The Bertz CT molecular complexity index is 1920. The summed E-state index contributed by atoms with van der Waals surface area (Å²) in [6, 6.07) is 12.5. The molecule has 0 unspecified atom stereocenters. The van der Waals surface area contributed by atoms with Crippen LogP contribution in [0.1, 0.15) is 108 Å². The highest BCUT2D eigenvalue weighted by Gasteiger charge is 2.48. The summed E-state index contributed by atoms with van der Waals surface area (Å²) in [5.41, 5.74) is 0.949. The molecule has 4 aliphatic rings. The normalized spacial score (nSPS) is 27.1. The van der Waals surface area contributed by atoms with Gasteiger partial charge >= 0.3 is 0 Å². The third-order valence-electron chi connectivity index (χ3n) is 13.7. The fourth-order valence-corrected chi connectivity index (χ4v) is 10.5. The van der Waals surface area contributed by atoms with Gasteiger partial charge < -0.3 is 45.3 Å². The van der Waals surface area contributed by atoms with Crippen LogP contribution in [0.2, 0.25) is 0 Å². The molecule has 6 atom stereocenters. The number of hydrogen-bond acceptors (Lipinski definition) is 11. The zero-order chi connectivity index (χ0) is 43.5. The summed E-state index contributed by atoms with van der Waals surface area (Å²) in [6.45, 7) is 3.19. The second-order valence-electron chi connectivity index (χ2n) is 17.9. The van der Waals surface area contributed by atoms with E-state index >= 15 is 0 Å².